The van der Waals surface area contributed by atoms with Gasteiger partial charge in [0.1, 0.15) is 5.82 Å². The quantitative estimate of drug-likeness (QED) is 0.736. The van der Waals surface area contributed by atoms with Gasteiger partial charge in [0.2, 0.25) is 5.91 Å². The molecule has 1 aliphatic heterocycles. The molecular weight excluding hydrogens is 313 g/mol. The van der Waals surface area contributed by atoms with Gasteiger partial charge in [0.25, 0.3) is 0 Å². The first-order valence-electron chi connectivity index (χ1n) is 6.64. The fraction of sp³-hybridized carbons (Fsp3) is 0.385. The number of halogens is 1. The number of amides is 3. The number of anilines is 1. The second-order valence-corrected chi connectivity index (χ2v) is 7.21. The molecule has 0 saturated carbocycles. The summed E-state index contributed by atoms with van der Waals surface area (Å²) in [5.74, 6) is -0.909. The van der Waals surface area contributed by atoms with E-state index in [-0.39, 0.29) is 18.1 Å². The topological polar surface area (TPSA) is 104 Å². The zero-order valence-electron chi connectivity index (χ0n) is 11.6. The summed E-state index contributed by atoms with van der Waals surface area (Å²) >= 11 is 0. The van der Waals surface area contributed by atoms with Crippen LogP contribution in [0.15, 0.2) is 24.3 Å². The van der Waals surface area contributed by atoms with E-state index in [1.807, 2.05) is 0 Å². The molecule has 1 fully saturated rings. The number of carbonyl (C=O) groups is 2. The number of nitrogens with one attached hydrogen (secondary N) is 3. The van der Waals surface area contributed by atoms with E-state index in [0.29, 0.717) is 12.1 Å². The lowest BCUT2D eigenvalue weighted by Gasteiger charge is -2.12. The Morgan fingerprint density at radius 3 is 2.50 bits per heavy atom. The molecule has 1 saturated heterocycles. The zero-order valence-corrected chi connectivity index (χ0v) is 12.5. The number of hydrogen-bond acceptors (Lipinski definition) is 4. The van der Waals surface area contributed by atoms with Crippen molar-refractivity contribution >= 4 is 27.5 Å². The van der Waals surface area contributed by atoms with E-state index in [1.165, 1.54) is 24.3 Å². The van der Waals surface area contributed by atoms with Gasteiger partial charge in [-0.25, -0.2) is 17.6 Å². The maximum absolute atomic E-state index is 12.7. The largest absolute Gasteiger partial charge is 0.334 e. The van der Waals surface area contributed by atoms with Crippen LogP contribution >= 0.6 is 0 Å². The van der Waals surface area contributed by atoms with Crippen LogP contribution in [0.1, 0.15) is 6.42 Å². The van der Waals surface area contributed by atoms with E-state index in [2.05, 4.69) is 16.0 Å². The summed E-state index contributed by atoms with van der Waals surface area (Å²) in [4.78, 5) is 23.2. The van der Waals surface area contributed by atoms with E-state index in [9.17, 15) is 22.4 Å². The summed E-state index contributed by atoms with van der Waals surface area (Å²) in [5, 5.41) is 7.33. The van der Waals surface area contributed by atoms with Crippen molar-refractivity contribution in [1.82, 2.24) is 10.6 Å². The summed E-state index contributed by atoms with van der Waals surface area (Å²) in [6.07, 6.45) is 0.373. The molecule has 1 aromatic carbocycles. The highest BCUT2D eigenvalue weighted by molar-refractivity contribution is 7.91. The van der Waals surface area contributed by atoms with E-state index in [0.717, 1.165) is 0 Å². The van der Waals surface area contributed by atoms with Crippen LogP contribution in [0.5, 0.6) is 0 Å². The minimum Gasteiger partial charge on any atom is -0.334 e. The third-order valence-corrected chi connectivity index (χ3v) is 4.87. The summed E-state index contributed by atoms with van der Waals surface area (Å²) < 4.78 is 35.2. The normalized spacial score (nSPS) is 19.4. The van der Waals surface area contributed by atoms with Crippen LogP contribution in [-0.4, -0.2) is 44.4 Å². The van der Waals surface area contributed by atoms with Crippen molar-refractivity contribution in [2.75, 3.05) is 23.4 Å². The molecule has 0 aliphatic carbocycles. The third kappa shape index (κ3) is 4.99. The highest BCUT2D eigenvalue weighted by atomic mass is 32.2. The number of rotatable bonds is 4. The number of carbonyl (C=O) groups excluding carboxylic acids is 2. The molecule has 1 aliphatic rings. The van der Waals surface area contributed by atoms with E-state index < -0.39 is 33.6 Å². The molecule has 0 bridgehead atoms. The minimum atomic E-state index is -3.07. The smallest absolute Gasteiger partial charge is 0.315 e. The van der Waals surface area contributed by atoms with Crippen LogP contribution in [0.2, 0.25) is 0 Å². The molecule has 120 valence electrons. The Balaban J connectivity index is 1.72. The molecule has 9 heteroatoms. The maximum atomic E-state index is 12.7. The molecule has 3 N–H and O–H groups in total. The van der Waals surface area contributed by atoms with Crippen LogP contribution in [-0.2, 0) is 14.6 Å². The lowest BCUT2D eigenvalue weighted by molar-refractivity contribution is -0.115. The van der Waals surface area contributed by atoms with E-state index in [4.69, 9.17) is 0 Å². The molecule has 2 rings (SSSR count). The Kier molecular flexibility index (Phi) is 4.96. The van der Waals surface area contributed by atoms with Gasteiger partial charge >= 0.3 is 6.03 Å². The molecule has 0 spiro atoms. The number of benzene rings is 1. The Bertz CT molecular complexity index is 660. The van der Waals surface area contributed by atoms with Gasteiger partial charge in [-0.3, -0.25) is 4.79 Å². The van der Waals surface area contributed by atoms with E-state index >= 15 is 0 Å². The molecule has 1 heterocycles. The lowest BCUT2D eigenvalue weighted by atomic mass is 10.3. The molecule has 0 unspecified atom stereocenters. The fourth-order valence-corrected chi connectivity index (χ4v) is 3.72. The Labute approximate surface area is 127 Å². The standard InChI is InChI=1S/C13H16FN3O4S/c14-9-1-3-10(4-2-9)16-12(18)7-15-13(19)17-11-5-6-22(20,21)8-11/h1-4,11H,5-8H2,(H,16,18)(H2,15,17,19)/t11-/m1/s1. The van der Waals surface area contributed by atoms with Gasteiger partial charge in [0.15, 0.2) is 9.84 Å². The first-order valence-corrected chi connectivity index (χ1v) is 8.46. The van der Waals surface area contributed by atoms with Crippen molar-refractivity contribution in [3.8, 4) is 0 Å². The molecule has 3 amide bonds. The van der Waals surface area contributed by atoms with Gasteiger partial charge in [-0.05, 0) is 30.7 Å². The monoisotopic (exact) mass is 329 g/mol. The van der Waals surface area contributed by atoms with Gasteiger partial charge in [-0.2, -0.15) is 0 Å². The molecular formula is C13H16FN3O4S. The number of urea groups is 1. The first-order chi connectivity index (χ1) is 10.3. The Hall–Kier alpha value is -2.16. The highest BCUT2D eigenvalue weighted by Crippen LogP contribution is 2.11. The Morgan fingerprint density at radius 2 is 1.91 bits per heavy atom. The highest BCUT2D eigenvalue weighted by Gasteiger charge is 2.28. The summed E-state index contributed by atoms with van der Waals surface area (Å²) in [5.41, 5.74) is 0.412. The van der Waals surface area contributed by atoms with Crippen LogP contribution < -0.4 is 16.0 Å². The average Bonchev–Trinajstić information content (AvgIpc) is 2.78. The third-order valence-electron chi connectivity index (χ3n) is 3.11. The van der Waals surface area contributed by atoms with Crippen LogP contribution in [0.25, 0.3) is 0 Å². The van der Waals surface area contributed by atoms with Crippen molar-refractivity contribution in [3.05, 3.63) is 30.1 Å². The molecule has 1 aromatic rings. The van der Waals surface area contributed by atoms with Gasteiger partial charge in [-0.15, -0.1) is 0 Å². The molecule has 0 aromatic heterocycles. The van der Waals surface area contributed by atoms with Crippen molar-refractivity contribution in [1.29, 1.82) is 0 Å². The second-order valence-electron chi connectivity index (χ2n) is 4.98. The first kappa shape index (κ1) is 16.2. The molecule has 0 radical (unpaired) electrons. The summed E-state index contributed by atoms with van der Waals surface area (Å²) in [6.45, 7) is -0.275. The average molecular weight is 329 g/mol. The SMILES string of the molecule is O=C(CNC(=O)N[C@@H]1CCS(=O)(=O)C1)Nc1ccc(F)cc1. The van der Waals surface area contributed by atoms with Crippen molar-refractivity contribution in [2.24, 2.45) is 0 Å². The lowest BCUT2D eigenvalue weighted by Crippen LogP contribution is -2.45. The summed E-state index contributed by atoms with van der Waals surface area (Å²) in [7, 11) is -3.07. The van der Waals surface area contributed by atoms with Gasteiger partial charge in [0.05, 0.1) is 18.1 Å². The van der Waals surface area contributed by atoms with E-state index in [1.54, 1.807) is 0 Å². The second kappa shape index (κ2) is 6.73. The van der Waals surface area contributed by atoms with Crippen molar-refractivity contribution < 1.29 is 22.4 Å². The van der Waals surface area contributed by atoms with Crippen LogP contribution in [0.3, 0.4) is 0 Å². The van der Waals surface area contributed by atoms with Gasteiger partial charge in [0, 0.05) is 11.7 Å². The molecule has 22 heavy (non-hydrogen) atoms. The van der Waals surface area contributed by atoms with Crippen molar-refractivity contribution in [2.45, 2.75) is 12.5 Å². The predicted octanol–water partition coefficient (Wildman–Crippen LogP) is 0.251. The number of sulfone groups is 1. The minimum absolute atomic E-state index is 0.0585. The maximum Gasteiger partial charge on any atom is 0.315 e. The Morgan fingerprint density at radius 1 is 1.23 bits per heavy atom. The fourth-order valence-electron chi connectivity index (χ4n) is 2.04. The van der Waals surface area contributed by atoms with Gasteiger partial charge < -0.3 is 16.0 Å². The van der Waals surface area contributed by atoms with Gasteiger partial charge in [-0.1, -0.05) is 0 Å². The van der Waals surface area contributed by atoms with Crippen LogP contribution in [0.4, 0.5) is 14.9 Å². The summed E-state index contributed by atoms with van der Waals surface area (Å²) in [6, 6.07) is 4.18. The van der Waals surface area contributed by atoms with Crippen LogP contribution in [0, 0.1) is 5.82 Å². The molecule has 7 nitrogen and oxygen atoms in total. The van der Waals surface area contributed by atoms with Crippen molar-refractivity contribution in [3.63, 3.8) is 0 Å². The molecule has 1 atom stereocenters. The number of hydrogen-bond donors (Lipinski definition) is 3. The predicted molar refractivity (Wildman–Crippen MR) is 78.6 cm³/mol. The zero-order chi connectivity index (χ0) is 16.2.